The summed E-state index contributed by atoms with van der Waals surface area (Å²) in [6.07, 6.45) is 0.465. The van der Waals surface area contributed by atoms with E-state index in [1.165, 1.54) is 6.07 Å². The van der Waals surface area contributed by atoms with Crippen LogP contribution in [-0.4, -0.2) is 17.4 Å². The molecule has 0 unspecified atom stereocenters. The third-order valence-corrected chi connectivity index (χ3v) is 2.58. The van der Waals surface area contributed by atoms with E-state index in [-0.39, 0.29) is 5.91 Å². The standard InChI is InChI=1S/C10H10Cl2N2OS/c11-6-1-2-7(8(12)5-6)10(15)14-4-3-9(13)16/h1-2,5H,3-4H2,(H2,13,16)(H,14,15). The predicted molar refractivity (Wildman–Crippen MR) is 70.2 cm³/mol. The van der Waals surface area contributed by atoms with Gasteiger partial charge in [0.2, 0.25) is 0 Å². The van der Waals surface area contributed by atoms with Crippen molar-refractivity contribution in [3.8, 4) is 0 Å². The lowest BCUT2D eigenvalue weighted by atomic mass is 10.2. The van der Waals surface area contributed by atoms with Crippen LogP contribution in [0.15, 0.2) is 18.2 Å². The molecule has 0 aromatic heterocycles. The van der Waals surface area contributed by atoms with Gasteiger partial charge in [0.15, 0.2) is 0 Å². The lowest BCUT2D eigenvalue weighted by Gasteiger charge is -2.06. The molecule has 0 spiro atoms. The molecule has 1 aromatic rings. The summed E-state index contributed by atoms with van der Waals surface area (Å²) in [5.41, 5.74) is 5.69. The fourth-order valence-electron chi connectivity index (χ4n) is 1.07. The normalized spacial score (nSPS) is 9.88. The first kappa shape index (κ1) is 13.2. The Morgan fingerprint density at radius 1 is 1.44 bits per heavy atom. The molecule has 1 rings (SSSR count). The first-order valence-electron chi connectivity index (χ1n) is 4.52. The molecule has 0 bridgehead atoms. The maximum atomic E-state index is 11.6. The lowest BCUT2D eigenvalue weighted by molar-refractivity contribution is 0.0955. The Hall–Kier alpha value is -0.840. The van der Waals surface area contributed by atoms with Gasteiger partial charge in [-0.15, -0.1) is 0 Å². The van der Waals surface area contributed by atoms with E-state index in [1.807, 2.05) is 0 Å². The number of halogens is 2. The summed E-state index contributed by atoms with van der Waals surface area (Å²) in [5.74, 6) is -0.266. The van der Waals surface area contributed by atoms with Crippen molar-refractivity contribution in [3.63, 3.8) is 0 Å². The number of hydrogen-bond acceptors (Lipinski definition) is 2. The topological polar surface area (TPSA) is 55.1 Å². The fraction of sp³-hybridized carbons (Fsp3) is 0.200. The Bertz CT molecular complexity index is 423. The van der Waals surface area contributed by atoms with Crippen LogP contribution < -0.4 is 11.1 Å². The van der Waals surface area contributed by atoms with E-state index in [4.69, 9.17) is 41.2 Å². The fourth-order valence-corrected chi connectivity index (χ4v) is 1.66. The molecule has 86 valence electrons. The molecular formula is C10H10Cl2N2OS. The van der Waals surface area contributed by atoms with Crippen LogP contribution in [-0.2, 0) is 0 Å². The monoisotopic (exact) mass is 276 g/mol. The molecule has 0 saturated carbocycles. The largest absolute Gasteiger partial charge is 0.393 e. The minimum Gasteiger partial charge on any atom is -0.393 e. The highest BCUT2D eigenvalue weighted by molar-refractivity contribution is 7.80. The number of carbonyl (C=O) groups excluding carboxylic acids is 1. The van der Waals surface area contributed by atoms with Gasteiger partial charge >= 0.3 is 0 Å². The Labute approximate surface area is 109 Å². The smallest absolute Gasteiger partial charge is 0.252 e. The minimum atomic E-state index is -0.266. The molecule has 0 fully saturated rings. The first-order chi connectivity index (χ1) is 7.50. The van der Waals surface area contributed by atoms with Crippen molar-refractivity contribution in [3.05, 3.63) is 33.8 Å². The molecule has 0 radical (unpaired) electrons. The minimum absolute atomic E-state index is 0.266. The molecule has 0 saturated heterocycles. The van der Waals surface area contributed by atoms with Crippen molar-refractivity contribution in [2.75, 3.05) is 6.54 Å². The third kappa shape index (κ3) is 3.96. The van der Waals surface area contributed by atoms with Crippen LogP contribution in [0.4, 0.5) is 0 Å². The van der Waals surface area contributed by atoms with Crippen molar-refractivity contribution >= 4 is 46.3 Å². The van der Waals surface area contributed by atoms with Gasteiger partial charge in [0.05, 0.1) is 15.6 Å². The number of thiocarbonyl (C=S) groups is 1. The number of amides is 1. The zero-order valence-electron chi connectivity index (χ0n) is 8.30. The van der Waals surface area contributed by atoms with Gasteiger partial charge in [-0.2, -0.15) is 0 Å². The zero-order chi connectivity index (χ0) is 12.1. The Morgan fingerprint density at radius 2 is 2.12 bits per heavy atom. The first-order valence-corrected chi connectivity index (χ1v) is 5.68. The van der Waals surface area contributed by atoms with Crippen LogP contribution >= 0.6 is 35.4 Å². The van der Waals surface area contributed by atoms with Crippen molar-refractivity contribution in [2.24, 2.45) is 5.73 Å². The van der Waals surface area contributed by atoms with Gasteiger partial charge in [-0.05, 0) is 18.2 Å². The molecular weight excluding hydrogens is 267 g/mol. The zero-order valence-corrected chi connectivity index (χ0v) is 10.6. The molecule has 3 nitrogen and oxygen atoms in total. The summed E-state index contributed by atoms with van der Waals surface area (Å²) in [5, 5.41) is 3.47. The van der Waals surface area contributed by atoms with Gasteiger partial charge < -0.3 is 11.1 Å². The van der Waals surface area contributed by atoms with E-state index in [0.717, 1.165) is 0 Å². The average Bonchev–Trinajstić information content (AvgIpc) is 2.16. The maximum Gasteiger partial charge on any atom is 0.252 e. The van der Waals surface area contributed by atoms with Crippen LogP contribution in [0.1, 0.15) is 16.8 Å². The van der Waals surface area contributed by atoms with Gasteiger partial charge in [-0.25, -0.2) is 0 Å². The predicted octanol–water partition coefficient (Wildman–Crippen LogP) is 2.40. The van der Waals surface area contributed by atoms with Crippen molar-refractivity contribution in [2.45, 2.75) is 6.42 Å². The van der Waals surface area contributed by atoms with E-state index in [2.05, 4.69) is 5.32 Å². The van der Waals surface area contributed by atoms with Crippen LogP contribution in [0.25, 0.3) is 0 Å². The van der Waals surface area contributed by atoms with Crippen LogP contribution in [0, 0.1) is 0 Å². The number of rotatable bonds is 4. The third-order valence-electron chi connectivity index (χ3n) is 1.83. The number of benzene rings is 1. The molecule has 0 aliphatic carbocycles. The Morgan fingerprint density at radius 3 is 2.69 bits per heavy atom. The van der Waals surface area contributed by atoms with E-state index < -0.39 is 0 Å². The molecule has 6 heteroatoms. The Kier molecular flexibility index (Phi) is 4.99. The molecule has 0 heterocycles. The van der Waals surface area contributed by atoms with Gasteiger partial charge in [0.25, 0.3) is 5.91 Å². The average molecular weight is 277 g/mol. The summed E-state index contributed by atoms with van der Waals surface area (Å²) in [4.78, 5) is 12.0. The molecule has 0 aliphatic heterocycles. The van der Waals surface area contributed by atoms with Gasteiger partial charge in [-0.3, -0.25) is 4.79 Å². The van der Waals surface area contributed by atoms with Gasteiger partial charge in [0, 0.05) is 18.0 Å². The number of carbonyl (C=O) groups is 1. The molecule has 1 aromatic carbocycles. The Balaban J connectivity index is 2.63. The van der Waals surface area contributed by atoms with Crippen LogP contribution in [0.2, 0.25) is 10.0 Å². The SMILES string of the molecule is NC(=S)CCNC(=O)c1ccc(Cl)cc1Cl. The summed E-state index contributed by atoms with van der Waals surface area (Å²) < 4.78 is 0. The van der Waals surface area contributed by atoms with E-state index in [1.54, 1.807) is 12.1 Å². The second-order valence-electron chi connectivity index (χ2n) is 3.10. The van der Waals surface area contributed by atoms with Crippen LogP contribution in [0.3, 0.4) is 0 Å². The van der Waals surface area contributed by atoms with E-state index in [0.29, 0.717) is 33.6 Å². The summed E-state index contributed by atoms with van der Waals surface area (Å²) in [6.45, 7) is 0.396. The molecule has 0 aliphatic rings. The van der Waals surface area contributed by atoms with Crippen molar-refractivity contribution < 1.29 is 4.79 Å². The molecule has 3 N–H and O–H groups in total. The maximum absolute atomic E-state index is 11.6. The number of nitrogens with two attached hydrogens (primary N) is 1. The quantitative estimate of drug-likeness (QED) is 0.831. The van der Waals surface area contributed by atoms with Gasteiger partial charge in [-0.1, -0.05) is 35.4 Å². The molecule has 0 atom stereocenters. The lowest BCUT2D eigenvalue weighted by Crippen LogP contribution is -2.27. The summed E-state index contributed by atoms with van der Waals surface area (Å²) in [7, 11) is 0. The highest BCUT2D eigenvalue weighted by Gasteiger charge is 2.09. The van der Waals surface area contributed by atoms with Crippen molar-refractivity contribution in [1.82, 2.24) is 5.32 Å². The second-order valence-corrected chi connectivity index (χ2v) is 4.46. The van der Waals surface area contributed by atoms with Crippen molar-refractivity contribution in [1.29, 1.82) is 0 Å². The number of hydrogen-bond donors (Lipinski definition) is 2. The molecule has 1 amide bonds. The van der Waals surface area contributed by atoms with E-state index >= 15 is 0 Å². The van der Waals surface area contributed by atoms with E-state index in [9.17, 15) is 4.79 Å². The highest BCUT2D eigenvalue weighted by Crippen LogP contribution is 2.20. The van der Waals surface area contributed by atoms with Crippen LogP contribution in [0.5, 0.6) is 0 Å². The summed E-state index contributed by atoms with van der Waals surface area (Å²) >= 11 is 16.3. The second kappa shape index (κ2) is 6.03. The molecule has 16 heavy (non-hydrogen) atoms. The highest BCUT2D eigenvalue weighted by atomic mass is 35.5. The summed E-state index contributed by atoms with van der Waals surface area (Å²) in [6, 6.07) is 4.70. The van der Waals surface area contributed by atoms with Gasteiger partial charge in [0.1, 0.15) is 0 Å². The number of nitrogens with one attached hydrogen (secondary N) is 1.